The lowest BCUT2D eigenvalue weighted by molar-refractivity contribution is 0.0321. The maximum Gasteiger partial charge on any atom is 0.0702 e. The van der Waals surface area contributed by atoms with Gasteiger partial charge in [0.1, 0.15) is 0 Å². The first kappa shape index (κ1) is 13.5. The van der Waals surface area contributed by atoms with Gasteiger partial charge in [0.05, 0.1) is 12.7 Å². The second kappa shape index (κ2) is 7.52. The highest BCUT2D eigenvalue weighted by Gasteiger charge is 2.18. The summed E-state index contributed by atoms with van der Waals surface area (Å²) in [5.74, 6) is 0. The van der Waals surface area contributed by atoms with Gasteiger partial charge in [-0.2, -0.15) is 0 Å². The van der Waals surface area contributed by atoms with Gasteiger partial charge in [-0.05, 0) is 31.4 Å². The third-order valence-corrected chi connectivity index (χ3v) is 3.43. The van der Waals surface area contributed by atoms with Crippen molar-refractivity contribution in [3.8, 4) is 0 Å². The summed E-state index contributed by atoms with van der Waals surface area (Å²) in [4.78, 5) is 2.50. The summed E-state index contributed by atoms with van der Waals surface area (Å²) < 4.78 is 5.81. The van der Waals surface area contributed by atoms with Gasteiger partial charge >= 0.3 is 0 Å². The van der Waals surface area contributed by atoms with Crippen LogP contribution >= 0.6 is 0 Å². The van der Waals surface area contributed by atoms with Gasteiger partial charge in [-0.25, -0.2) is 0 Å². The number of hydrogen-bond donors (Lipinski definition) is 1. The number of likely N-dealkylation sites (tertiary alicyclic amines) is 1. The van der Waals surface area contributed by atoms with E-state index in [4.69, 9.17) is 10.5 Å². The Hall–Kier alpha value is -0.900. The third-order valence-electron chi connectivity index (χ3n) is 3.43. The molecule has 2 rings (SSSR count). The first-order valence-electron chi connectivity index (χ1n) is 6.96. The zero-order valence-corrected chi connectivity index (χ0v) is 11.1. The Kier molecular flexibility index (Phi) is 5.65. The van der Waals surface area contributed by atoms with Crippen LogP contribution in [0, 0.1) is 0 Å². The normalized spacial score (nSPS) is 21.7. The minimum atomic E-state index is 0.361. The molecule has 1 aromatic rings. The highest BCUT2D eigenvalue weighted by molar-refractivity contribution is 5.14. The first-order chi connectivity index (χ1) is 8.88. The fraction of sp³-hybridized carbons (Fsp3) is 0.600. The quantitative estimate of drug-likeness (QED) is 0.866. The van der Waals surface area contributed by atoms with Crippen molar-refractivity contribution >= 4 is 0 Å². The maximum atomic E-state index is 5.81. The highest BCUT2D eigenvalue weighted by atomic mass is 16.5. The van der Waals surface area contributed by atoms with Crippen LogP contribution in [0.15, 0.2) is 30.3 Å². The fourth-order valence-electron chi connectivity index (χ4n) is 2.53. The van der Waals surface area contributed by atoms with Gasteiger partial charge in [0, 0.05) is 19.6 Å². The molecule has 1 aliphatic rings. The molecule has 0 aromatic heterocycles. The second-order valence-electron chi connectivity index (χ2n) is 5.00. The Balaban J connectivity index is 1.86. The van der Waals surface area contributed by atoms with Crippen molar-refractivity contribution < 1.29 is 4.74 Å². The number of nitrogens with zero attached hydrogens (tertiary/aromatic N) is 1. The molecule has 0 saturated carbocycles. The van der Waals surface area contributed by atoms with E-state index in [0.717, 1.165) is 13.1 Å². The third kappa shape index (κ3) is 4.41. The molecule has 0 spiro atoms. The van der Waals surface area contributed by atoms with Crippen LogP contribution in [0.5, 0.6) is 0 Å². The zero-order valence-electron chi connectivity index (χ0n) is 11.1. The van der Waals surface area contributed by atoms with Gasteiger partial charge < -0.3 is 10.5 Å². The van der Waals surface area contributed by atoms with Crippen LogP contribution in [-0.4, -0.2) is 37.2 Å². The van der Waals surface area contributed by atoms with Crippen LogP contribution in [0.4, 0.5) is 0 Å². The number of ether oxygens (including phenoxy) is 1. The average molecular weight is 248 g/mol. The van der Waals surface area contributed by atoms with Gasteiger partial charge in [-0.1, -0.05) is 30.3 Å². The molecule has 1 heterocycles. The molecule has 0 aliphatic carbocycles. The topological polar surface area (TPSA) is 38.5 Å². The minimum Gasteiger partial charge on any atom is -0.376 e. The molecule has 1 unspecified atom stereocenters. The summed E-state index contributed by atoms with van der Waals surface area (Å²) in [6, 6.07) is 10.7. The molecule has 3 heteroatoms. The van der Waals surface area contributed by atoms with Crippen molar-refractivity contribution in [2.75, 3.05) is 26.2 Å². The molecule has 18 heavy (non-hydrogen) atoms. The zero-order chi connectivity index (χ0) is 12.6. The lowest BCUT2D eigenvalue weighted by atomic mass is 10.2. The van der Waals surface area contributed by atoms with Crippen molar-refractivity contribution in [3.05, 3.63) is 35.9 Å². The van der Waals surface area contributed by atoms with Crippen LogP contribution in [0.25, 0.3) is 0 Å². The Bertz CT molecular complexity index is 329. The van der Waals surface area contributed by atoms with Crippen molar-refractivity contribution in [1.82, 2.24) is 4.90 Å². The van der Waals surface area contributed by atoms with Gasteiger partial charge in [0.25, 0.3) is 0 Å². The van der Waals surface area contributed by atoms with E-state index in [0.29, 0.717) is 19.3 Å². The lowest BCUT2D eigenvalue weighted by Crippen LogP contribution is -2.33. The van der Waals surface area contributed by atoms with Crippen molar-refractivity contribution in [3.63, 3.8) is 0 Å². The summed E-state index contributed by atoms with van der Waals surface area (Å²) in [6.45, 7) is 4.55. The molecular formula is C15H24N2O. The molecule has 1 aliphatic heterocycles. The molecule has 2 N–H and O–H groups in total. The van der Waals surface area contributed by atoms with Gasteiger partial charge in [-0.3, -0.25) is 4.90 Å². The van der Waals surface area contributed by atoms with E-state index >= 15 is 0 Å². The molecule has 100 valence electrons. The van der Waals surface area contributed by atoms with Crippen LogP contribution in [0.1, 0.15) is 24.8 Å². The molecule has 0 bridgehead atoms. The van der Waals surface area contributed by atoms with Crippen LogP contribution in [0.2, 0.25) is 0 Å². The van der Waals surface area contributed by atoms with Gasteiger partial charge in [-0.15, -0.1) is 0 Å². The number of nitrogens with two attached hydrogens (primary N) is 1. The van der Waals surface area contributed by atoms with Crippen molar-refractivity contribution in [2.45, 2.75) is 31.9 Å². The number of hydrogen-bond acceptors (Lipinski definition) is 3. The van der Waals surface area contributed by atoms with Crippen LogP contribution in [-0.2, 0) is 11.3 Å². The summed E-state index contributed by atoms with van der Waals surface area (Å²) in [5.41, 5.74) is 6.89. The smallest absolute Gasteiger partial charge is 0.0702 e. The van der Waals surface area contributed by atoms with E-state index in [1.54, 1.807) is 0 Å². The van der Waals surface area contributed by atoms with E-state index in [9.17, 15) is 0 Å². The molecule has 1 fully saturated rings. The Labute approximate surface area is 110 Å². The molecule has 1 saturated heterocycles. The van der Waals surface area contributed by atoms with Gasteiger partial charge in [0.15, 0.2) is 0 Å². The van der Waals surface area contributed by atoms with E-state index < -0.39 is 0 Å². The first-order valence-corrected chi connectivity index (χ1v) is 6.96. The fourth-order valence-corrected chi connectivity index (χ4v) is 2.53. The average Bonchev–Trinajstić information content (AvgIpc) is 2.63. The van der Waals surface area contributed by atoms with E-state index in [1.165, 1.54) is 31.4 Å². The molecule has 1 atom stereocenters. The van der Waals surface area contributed by atoms with Crippen molar-refractivity contribution in [1.29, 1.82) is 0 Å². The predicted molar refractivity (Wildman–Crippen MR) is 74.4 cm³/mol. The summed E-state index contributed by atoms with van der Waals surface area (Å²) in [6.07, 6.45) is 4.07. The Morgan fingerprint density at radius 3 is 2.83 bits per heavy atom. The number of benzene rings is 1. The summed E-state index contributed by atoms with van der Waals surface area (Å²) >= 11 is 0. The lowest BCUT2D eigenvalue weighted by Gasteiger charge is -2.24. The predicted octanol–water partition coefficient (Wildman–Crippen LogP) is 2.02. The van der Waals surface area contributed by atoms with Crippen LogP contribution in [0.3, 0.4) is 0 Å². The minimum absolute atomic E-state index is 0.361. The van der Waals surface area contributed by atoms with E-state index in [2.05, 4.69) is 35.2 Å². The molecule has 1 aromatic carbocycles. The second-order valence-corrected chi connectivity index (χ2v) is 5.00. The monoisotopic (exact) mass is 248 g/mol. The maximum absolute atomic E-state index is 5.81. The summed E-state index contributed by atoms with van der Waals surface area (Å²) in [5, 5.41) is 0. The molecule has 0 radical (unpaired) electrons. The highest BCUT2D eigenvalue weighted by Crippen LogP contribution is 2.15. The Morgan fingerprint density at radius 1 is 1.22 bits per heavy atom. The van der Waals surface area contributed by atoms with Crippen molar-refractivity contribution in [2.24, 2.45) is 5.73 Å². The summed E-state index contributed by atoms with van der Waals surface area (Å²) in [7, 11) is 0. The SMILES string of the molecule is NCCOC1CCCCN(Cc2ccccc2)C1. The molecular weight excluding hydrogens is 224 g/mol. The van der Waals surface area contributed by atoms with E-state index in [-0.39, 0.29) is 0 Å². The molecule has 0 amide bonds. The number of rotatable bonds is 5. The van der Waals surface area contributed by atoms with Crippen LogP contribution < -0.4 is 5.73 Å². The van der Waals surface area contributed by atoms with Gasteiger partial charge in [0.2, 0.25) is 0 Å². The van der Waals surface area contributed by atoms with E-state index in [1.807, 2.05) is 0 Å². The standard InChI is InChI=1S/C15H24N2O/c16-9-11-18-15-8-4-5-10-17(13-15)12-14-6-2-1-3-7-14/h1-3,6-7,15H,4-5,8-13,16H2. The largest absolute Gasteiger partial charge is 0.376 e. The Morgan fingerprint density at radius 2 is 2.06 bits per heavy atom. The molecule has 3 nitrogen and oxygen atoms in total.